The van der Waals surface area contributed by atoms with Crippen molar-refractivity contribution in [2.24, 2.45) is 0 Å². The third-order valence-corrected chi connectivity index (χ3v) is 3.04. The molecule has 0 aliphatic carbocycles. The number of aryl methyl sites for hydroxylation is 1. The van der Waals surface area contributed by atoms with Gasteiger partial charge in [0, 0.05) is 12.2 Å². The summed E-state index contributed by atoms with van der Waals surface area (Å²) in [7, 11) is 1.64. The number of para-hydroxylation sites is 1. The number of ether oxygens (including phenoxy) is 1. The summed E-state index contributed by atoms with van der Waals surface area (Å²) in [4.78, 5) is 15.9. The summed E-state index contributed by atoms with van der Waals surface area (Å²) in [6.07, 6.45) is 2.35. The van der Waals surface area contributed by atoms with Crippen LogP contribution in [0.25, 0.3) is 0 Å². The van der Waals surface area contributed by atoms with Crippen LogP contribution in [0.5, 0.6) is 5.75 Å². The SMILES string of the molecule is COc1ccccc1CCNC(=O)Nc1ccc(C)nc1. The second-order valence-electron chi connectivity index (χ2n) is 4.63. The molecule has 110 valence electrons. The van der Waals surface area contributed by atoms with Crippen molar-refractivity contribution in [3.8, 4) is 5.75 Å². The van der Waals surface area contributed by atoms with Gasteiger partial charge in [-0.15, -0.1) is 0 Å². The van der Waals surface area contributed by atoms with Crippen molar-refractivity contribution in [1.29, 1.82) is 0 Å². The Bertz CT molecular complexity index is 597. The molecule has 0 bridgehead atoms. The number of hydrogen-bond acceptors (Lipinski definition) is 3. The number of methoxy groups -OCH3 is 1. The summed E-state index contributed by atoms with van der Waals surface area (Å²) in [5.41, 5.74) is 2.66. The van der Waals surface area contributed by atoms with Crippen molar-refractivity contribution in [3.63, 3.8) is 0 Å². The van der Waals surface area contributed by atoms with Crippen molar-refractivity contribution in [1.82, 2.24) is 10.3 Å². The normalized spacial score (nSPS) is 10.0. The highest BCUT2D eigenvalue weighted by Gasteiger charge is 2.04. The van der Waals surface area contributed by atoms with Gasteiger partial charge in [0.15, 0.2) is 0 Å². The fraction of sp³-hybridized carbons (Fsp3) is 0.250. The molecule has 2 aromatic rings. The van der Waals surface area contributed by atoms with Gasteiger partial charge < -0.3 is 15.4 Å². The molecule has 5 heteroatoms. The van der Waals surface area contributed by atoms with Crippen LogP contribution in [0, 0.1) is 6.92 Å². The van der Waals surface area contributed by atoms with Crippen LogP contribution in [-0.4, -0.2) is 24.7 Å². The third-order valence-electron chi connectivity index (χ3n) is 3.04. The van der Waals surface area contributed by atoms with Crippen LogP contribution in [-0.2, 0) is 6.42 Å². The van der Waals surface area contributed by atoms with Crippen LogP contribution in [0.4, 0.5) is 10.5 Å². The summed E-state index contributed by atoms with van der Waals surface area (Å²) >= 11 is 0. The maximum absolute atomic E-state index is 11.8. The largest absolute Gasteiger partial charge is 0.496 e. The van der Waals surface area contributed by atoms with E-state index in [1.807, 2.05) is 43.3 Å². The molecule has 2 rings (SSSR count). The van der Waals surface area contributed by atoms with Crippen molar-refractivity contribution < 1.29 is 9.53 Å². The fourth-order valence-electron chi connectivity index (χ4n) is 1.94. The van der Waals surface area contributed by atoms with E-state index in [-0.39, 0.29) is 6.03 Å². The summed E-state index contributed by atoms with van der Waals surface area (Å²) in [6.45, 7) is 2.43. The molecule has 2 N–H and O–H groups in total. The molecule has 0 radical (unpaired) electrons. The predicted molar refractivity (Wildman–Crippen MR) is 82.7 cm³/mol. The molecular formula is C16H19N3O2. The Balaban J connectivity index is 1.80. The smallest absolute Gasteiger partial charge is 0.319 e. The minimum atomic E-state index is -0.240. The molecule has 2 amide bonds. The van der Waals surface area contributed by atoms with Gasteiger partial charge >= 0.3 is 6.03 Å². The van der Waals surface area contributed by atoms with Gasteiger partial charge in [0.2, 0.25) is 0 Å². The Kier molecular flexibility index (Phi) is 5.15. The van der Waals surface area contributed by atoms with E-state index < -0.39 is 0 Å². The lowest BCUT2D eigenvalue weighted by Crippen LogP contribution is -2.30. The zero-order valence-electron chi connectivity index (χ0n) is 12.2. The molecule has 5 nitrogen and oxygen atoms in total. The van der Waals surface area contributed by atoms with Crippen LogP contribution in [0.3, 0.4) is 0 Å². The van der Waals surface area contributed by atoms with Gasteiger partial charge in [-0.2, -0.15) is 0 Å². The second-order valence-corrected chi connectivity index (χ2v) is 4.63. The summed E-state index contributed by atoms with van der Waals surface area (Å²) in [6, 6.07) is 11.2. The first-order chi connectivity index (χ1) is 10.2. The number of nitrogens with one attached hydrogen (secondary N) is 2. The molecule has 0 saturated carbocycles. The van der Waals surface area contributed by atoms with Crippen LogP contribution in [0.2, 0.25) is 0 Å². The highest BCUT2D eigenvalue weighted by Crippen LogP contribution is 2.17. The highest BCUT2D eigenvalue weighted by molar-refractivity contribution is 5.88. The van der Waals surface area contributed by atoms with E-state index in [1.165, 1.54) is 0 Å². The molecular weight excluding hydrogens is 266 g/mol. The van der Waals surface area contributed by atoms with E-state index in [1.54, 1.807) is 13.3 Å². The number of nitrogens with zero attached hydrogens (tertiary/aromatic N) is 1. The number of aromatic nitrogens is 1. The number of benzene rings is 1. The number of hydrogen-bond donors (Lipinski definition) is 2. The van der Waals surface area contributed by atoms with Crippen LogP contribution in [0.1, 0.15) is 11.3 Å². The first-order valence-electron chi connectivity index (χ1n) is 6.78. The van der Waals surface area contributed by atoms with Crippen LogP contribution < -0.4 is 15.4 Å². The molecule has 0 fully saturated rings. The van der Waals surface area contributed by atoms with Crippen LogP contribution in [0.15, 0.2) is 42.6 Å². The number of pyridine rings is 1. The number of carbonyl (C=O) groups is 1. The van der Waals surface area contributed by atoms with E-state index in [0.717, 1.165) is 17.0 Å². The molecule has 0 saturated heterocycles. The average molecular weight is 285 g/mol. The Morgan fingerprint density at radius 2 is 2.05 bits per heavy atom. The van der Waals surface area contributed by atoms with E-state index >= 15 is 0 Å². The number of carbonyl (C=O) groups excluding carboxylic acids is 1. The standard InChI is InChI=1S/C16H19N3O2/c1-12-7-8-14(11-18-12)19-16(20)17-10-9-13-5-3-4-6-15(13)21-2/h3-8,11H,9-10H2,1-2H3,(H2,17,19,20). The average Bonchev–Trinajstić information content (AvgIpc) is 2.50. The predicted octanol–water partition coefficient (Wildman–Crippen LogP) is 2.76. The Hall–Kier alpha value is -2.56. The van der Waals surface area contributed by atoms with Gasteiger partial charge in [-0.25, -0.2) is 4.79 Å². The molecule has 0 spiro atoms. The van der Waals surface area contributed by atoms with Crippen molar-refractivity contribution in [2.45, 2.75) is 13.3 Å². The van der Waals surface area contributed by atoms with Gasteiger partial charge in [0.05, 0.1) is 19.0 Å². The van der Waals surface area contributed by atoms with E-state index in [4.69, 9.17) is 4.74 Å². The Morgan fingerprint density at radius 1 is 1.24 bits per heavy atom. The lowest BCUT2D eigenvalue weighted by atomic mass is 10.1. The lowest BCUT2D eigenvalue weighted by Gasteiger charge is -2.10. The maximum atomic E-state index is 11.8. The second kappa shape index (κ2) is 7.28. The zero-order chi connectivity index (χ0) is 15.1. The Morgan fingerprint density at radius 3 is 2.76 bits per heavy atom. The number of rotatable bonds is 5. The molecule has 1 heterocycles. The maximum Gasteiger partial charge on any atom is 0.319 e. The highest BCUT2D eigenvalue weighted by atomic mass is 16.5. The minimum Gasteiger partial charge on any atom is -0.496 e. The zero-order valence-corrected chi connectivity index (χ0v) is 12.2. The first-order valence-corrected chi connectivity index (χ1v) is 6.78. The number of anilines is 1. The van der Waals surface area contributed by atoms with E-state index in [2.05, 4.69) is 15.6 Å². The molecule has 21 heavy (non-hydrogen) atoms. The first kappa shape index (κ1) is 14.8. The molecule has 1 aromatic heterocycles. The van der Waals surface area contributed by atoms with Gasteiger partial charge in [-0.3, -0.25) is 4.98 Å². The molecule has 0 aliphatic heterocycles. The van der Waals surface area contributed by atoms with E-state index in [9.17, 15) is 4.79 Å². The van der Waals surface area contributed by atoms with Crippen molar-refractivity contribution >= 4 is 11.7 Å². The van der Waals surface area contributed by atoms with Crippen molar-refractivity contribution in [2.75, 3.05) is 19.0 Å². The third kappa shape index (κ3) is 4.49. The van der Waals surface area contributed by atoms with Gasteiger partial charge in [0.25, 0.3) is 0 Å². The molecule has 0 atom stereocenters. The fourth-order valence-corrected chi connectivity index (χ4v) is 1.94. The van der Waals surface area contributed by atoms with Gasteiger partial charge in [-0.05, 0) is 37.1 Å². The van der Waals surface area contributed by atoms with Gasteiger partial charge in [0.1, 0.15) is 5.75 Å². The quantitative estimate of drug-likeness (QED) is 0.888. The monoisotopic (exact) mass is 285 g/mol. The van der Waals surface area contributed by atoms with Crippen LogP contribution >= 0.6 is 0 Å². The molecule has 0 unspecified atom stereocenters. The summed E-state index contributed by atoms with van der Waals surface area (Å²) in [5.74, 6) is 0.836. The number of amides is 2. The number of urea groups is 1. The summed E-state index contributed by atoms with van der Waals surface area (Å²) < 4.78 is 5.27. The van der Waals surface area contributed by atoms with E-state index in [0.29, 0.717) is 18.7 Å². The molecule has 1 aromatic carbocycles. The summed E-state index contributed by atoms with van der Waals surface area (Å²) in [5, 5.41) is 5.55. The topological polar surface area (TPSA) is 63.2 Å². The van der Waals surface area contributed by atoms with Crippen molar-refractivity contribution in [3.05, 3.63) is 53.9 Å². The van der Waals surface area contributed by atoms with Gasteiger partial charge in [-0.1, -0.05) is 18.2 Å². The lowest BCUT2D eigenvalue weighted by molar-refractivity contribution is 0.252. The minimum absolute atomic E-state index is 0.240. The Labute approximate surface area is 124 Å². The molecule has 0 aliphatic rings.